The van der Waals surface area contributed by atoms with Crippen molar-refractivity contribution < 1.29 is 20.2 Å². The van der Waals surface area contributed by atoms with E-state index >= 15 is 0 Å². The third-order valence-electron chi connectivity index (χ3n) is 4.72. The number of hydrogen-bond acceptors (Lipinski definition) is 6. The van der Waals surface area contributed by atoms with Crippen LogP contribution in [-0.4, -0.2) is 41.4 Å². The topological polar surface area (TPSA) is 64.1 Å². The number of nitrogens with zero attached hydrogens (tertiary/aromatic N) is 2. The molecule has 0 radical (unpaired) electrons. The van der Waals surface area contributed by atoms with E-state index in [1.807, 2.05) is 13.0 Å². The van der Waals surface area contributed by atoms with E-state index in [0.29, 0.717) is 0 Å². The van der Waals surface area contributed by atoms with Gasteiger partial charge in [0, 0.05) is 12.1 Å². The fourth-order valence-corrected chi connectivity index (χ4v) is 3.23. The first kappa shape index (κ1) is 24.5. The summed E-state index contributed by atoms with van der Waals surface area (Å²) in [5.41, 5.74) is 5.81. The Hall–Kier alpha value is -2.79. The number of rotatable bonds is 8. The third-order valence-corrected chi connectivity index (χ3v) is 4.72. The standard InChI is InChI=1S/C22H26N2.C3H4O4/c1-3-7-20-8-6-9-22(23-20)21(14-17-24-15-4-5-16-24)19-12-10-18(2)11-13-19;1-2-3-5-7-6-4/h3,6-14H,4-5,15-17H2,1-2H3;1,4H,3H2/b7-3+,21-14+;. The van der Waals surface area contributed by atoms with Gasteiger partial charge in [0.05, 0.1) is 11.4 Å². The van der Waals surface area contributed by atoms with E-state index in [4.69, 9.17) is 10.2 Å². The molecule has 1 aromatic heterocycles. The molecule has 1 fully saturated rings. The number of aromatic nitrogens is 1. The Bertz CT molecular complexity index is 879. The molecule has 1 aliphatic heterocycles. The summed E-state index contributed by atoms with van der Waals surface area (Å²) in [5.74, 6) is 2.06. The molecule has 6 heteroatoms. The zero-order valence-corrected chi connectivity index (χ0v) is 18.2. The van der Waals surface area contributed by atoms with Crippen molar-refractivity contribution in [1.82, 2.24) is 9.88 Å². The molecule has 164 valence electrons. The van der Waals surface area contributed by atoms with Gasteiger partial charge in [-0.25, -0.2) is 10.2 Å². The molecule has 1 aromatic carbocycles. The highest BCUT2D eigenvalue weighted by Gasteiger charge is 2.12. The molecule has 0 spiro atoms. The number of aryl methyl sites for hydroxylation is 1. The maximum absolute atomic E-state index is 7.38. The maximum Gasteiger partial charge on any atom is 0.146 e. The monoisotopic (exact) mass is 422 g/mol. The van der Waals surface area contributed by atoms with E-state index in [-0.39, 0.29) is 6.61 Å². The predicted octanol–water partition coefficient (Wildman–Crippen LogP) is 4.92. The highest BCUT2D eigenvalue weighted by atomic mass is 17.6. The number of allylic oxidation sites excluding steroid dienone is 1. The van der Waals surface area contributed by atoms with Crippen LogP contribution in [0.4, 0.5) is 0 Å². The Morgan fingerprint density at radius 1 is 1.19 bits per heavy atom. The van der Waals surface area contributed by atoms with E-state index in [2.05, 4.69) is 93.7 Å². The van der Waals surface area contributed by atoms with E-state index in [1.165, 1.54) is 42.6 Å². The van der Waals surface area contributed by atoms with Gasteiger partial charge in [0.2, 0.25) is 0 Å². The Morgan fingerprint density at radius 2 is 1.94 bits per heavy atom. The van der Waals surface area contributed by atoms with E-state index in [1.54, 1.807) is 0 Å². The quantitative estimate of drug-likeness (QED) is 0.282. The minimum absolute atomic E-state index is 0.0550. The first-order valence-electron chi connectivity index (χ1n) is 10.3. The first-order chi connectivity index (χ1) is 15.2. The van der Waals surface area contributed by atoms with Gasteiger partial charge in [-0.2, -0.15) is 4.89 Å². The molecule has 0 amide bonds. The van der Waals surface area contributed by atoms with Gasteiger partial charge in [0.1, 0.15) is 6.61 Å². The fourth-order valence-electron chi connectivity index (χ4n) is 3.23. The van der Waals surface area contributed by atoms with E-state index < -0.39 is 0 Å². The van der Waals surface area contributed by atoms with Crippen molar-refractivity contribution in [1.29, 1.82) is 0 Å². The highest BCUT2D eigenvalue weighted by Crippen LogP contribution is 2.23. The van der Waals surface area contributed by atoms with E-state index in [0.717, 1.165) is 17.9 Å². The van der Waals surface area contributed by atoms with Gasteiger partial charge < -0.3 is 0 Å². The van der Waals surface area contributed by atoms with Gasteiger partial charge in [0.15, 0.2) is 0 Å². The summed E-state index contributed by atoms with van der Waals surface area (Å²) in [6, 6.07) is 15.0. The molecule has 6 nitrogen and oxygen atoms in total. The van der Waals surface area contributed by atoms with Gasteiger partial charge in [-0.15, -0.1) is 6.42 Å². The van der Waals surface area contributed by atoms with Crippen molar-refractivity contribution in [2.75, 3.05) is 26.2 Å². The maximum atomic E-state index is 7.38. The fraction of sp³-hybridized carbons (Fsp3) is 0.320. The average Bonchev–Trinajstić information content (AvgIpc) is 3.30. The van der Waals surface area contributed by atoms with Gasteiger partial charge in [0.25, 0.3) is 0 Å². The van der Waals surface area contributed by atoms with Crippen molar-refractivity contribution in [3.63, 3.8) is 0 Å². The van der Waals surface area contributed by atoms with Crippen LogP contribution in [0.5, 0.6) is 0 Å². The van der Waals surface area contributed by atoms with Crippen LogP contribution in [0.1, 0.15) is 42.3 Å². The molecule has 2 aromatic rings. The summed E-state index contributed by atoms with van der Waals surface area (Å²) in [4.78, 5) is 11.3. The summed E-state index contributed by atoms with van der Waals surface area (Å²) in [6.07, 6.45) is 13.8. The number of terminal acetylenes is 1. The zero-order chi connectivity index (χ0) is 22.3. The van der Waals surface area contributed by atoms with Gasteiger partial charge in [-0.05, 0) is 73.6 Å². The molecule has 1 N–H and O–H groups in total. The van der Waals surface area contributed by atoms with Crippen molar-refractivity contribution >= 4 is 11.6 Å². The molecule has 0 aliphatic carbocycles. The SMILES string of the molecule is C#CCOOOO.C/C=C/c1cccc(/C(=C/CN2CCCC2)c2ccc(C)cc2)n1. The minimum Gasteiger partial charge on any atom is -0.300 e. The molecule has 0 saturated carbocycles. The van der Waals surface area contributed by atoms with Crippen LogP contribution in [0.2, 0.25) is 0 Å². The van der Waals surface area contributed by atoms with E-state index in [9.17, 15) is 0 Å². The van der Waals surface area contributed by atoms with Crippen LogP contribution < -0.4 is 0 Å². The minimum atomic E-state index is -0.0550. The first-order valence-corrected chi connectivity index (χ1v) is 10.3. The molecule has 0 unspecified atom stereocenters. The Balaban J connectivity index is 0.000000423. The smallest absolute Gasteiger partial charge is 0.146 e. The number of hydrogen-bond donors (Lipinski definition) is 1. The molecular formula is C25H30N2O4. The summed E-state index contributed by atoms with van der Waals surface area (Å²) in [5, 5.41) is 13.9. The van der Waals surface area contributed by atoms with Crippen LogP contribution in [0.15, 0.2) is 54.6 Å². The van der Waals surface area contributed by atoms with Crippen LogP contribution in [0, 0.1) is 19.3 Å². The van der Waals surface area contributed by atoms with Gasteiger partial charge in [-0.3, -0.25) is 4.90 Å². The second-order valence-corrected chi connectivity index (χ2v) is 7.05. The molecule has 3 rings (SSSR count). The lowest BCUT2D eigenvalue weighted by molar-refractivity contribution is -0.620. The van der Waals surface area contributed by atoms with Gasteiger partial charge in [-0.1, -0.05) is 54.0 Å². The second-order valence-electron chi connectivity index (χ2n) is 7.05. The summed E-state index contributed by atoms with van der Waals surface area (Å²) in [6.45, 7) is 7.52. The third kappa shape index (κ3) is 8.85. The Kier molecular flexibility index (Phi) is 11.3. The largest absolute Gasteiger partial charge is 0.300 e. The van der Waals surface area contributed by atoms with Crippen LogP contribution in [0.3, 0.4) is 0 Å². The number of benzene rings is 1. The zero-order valence-electron chi connectivity index (χ0n) is 18.2. The Morgan fingerprint density at radius 3 is 2.58 bits per heavy atom. The second kappa shape index (κ2) is 14.3. The molecule has 1 saturated heterocycles. The number of pyridine rings is 1. The van der Waals surface area contributed by atoms with Crippen molar-refractivity contribution in [2.24, 2.45) is 0 Å². The molecule has 2 heterocycles. The molecule has 1 aliphatic rings. The molecular weight excluding hydrogens is 392 g/mol. The molecule has 0 atom stereocenters. The number of likely N-dealkylation sites (tertiary alicyclic amines) is 1. The lowest BCUT2D eigenvalue weighted by Gasteiger charge is -2.14. The summed E-state index contributed by atoms with van der Waals surface area (Å²) in [7, 11) is 0. The van der Waals surface area contributed by atoms with Crippen molar-refractivity contribution in [3.05, 3.63) is 77.1 Å². The van der Waals surface area contributed by atoms with Crippen molar-refractivity contribution in [2.45, 2.75) is 26.7 Å². The predicted molar refractivity (Wildman–Crippen MR) is 122 cm³/mol. The lowest BCUT2D eigenvalue weighted by Crippen LogP contribution is -2.19. The van der Waals surface area contributed by atoms with Crippen molar-refractivity contribution in [3.8, 4) is 12.3 Å². The van der Waals surface area contributed by atoms with Crippen LogP contribution in [0.25, 0.3) is 11.6 Å². The van der Waals surface area contributed by atoms with Gasteiger partial charge >= 0.3 is 0 Å². The summed E-state index contributed by atoms with van der Waals surface area (Å²) >= 11 is 0. The normalized spacial score (nSPS) is 14.3. The molecule has 0 bridgehead atoms. The summed E-state index contributed by atoms with van der Waals surface area (Å²) < 4.78 is 0. The highest BCUT2D eigenvalue weighted by molar-refractivity contribution is 5.78. The Labute approximate surface area is 184 Å². The molecule has 31 heavy (non-hydrogen) atoms. The average molecular weight is 423 g/mol. The van der Waals surface area contributed by atoms with Crippen LogP contribution >= 0.6 is 0 Å². The van der Waals surface area contributed by atoms with Crippen LogP contribution in [-0.2, 0) is 15.0 Å². The lowest BCUT2D eigenvalue weighted by atomic mass is 10.00.